The molecule has 3 amide bonds. The van der Waals surface area contributed by atoms with Crippen LogP contribution < -0.4 is 15.4 Å². The lowest BCUT2D eigenvalue weighted by Gasteiger charge is -2.29. The minimum atomic E-state index is -3.90. The van der Waals surface area contributed by atoms with Crippen molar-refractivity contribution in [2.75, 3.05) is 30.9 Å². The highest BCUT2D eigenvalue weighted by atomic mass is 32.2. The van der Waals surface area contributed by atoms with E-state index in [4.69, 9.17) is 5.11 Å². The number of benzene rings is 3. The fourth-order valence-electron chi connectivity index (χ4n) is 4.49. The van der Waals surface area contributed by atoms with Crippen molar-refractivity contribution in [1.29, 1.82) is 0 Å². The average molecular weight is 565 g/mol. The summed E-state index contributed by atoms with van der Waals surface area (Å²) in [4.78, 5) is 37.0. The maximum atomic E-state index is 13.1. The maximum Gasteiger partial charge on any atom is 0.407 e. The van der Waals surface area contributed by atoms with Crippen LogP contribution in [-0.2, 0) is 21.2 Å². The zero-order chi connectivity index (χ0) is 28.5. The van der Waals surface area contributed by atoms with E-state index in [1.807, 2.05) is 42.5 Å². The molecule has 3 aromatic carbocycles. The van der Waals surface area contributed by atoms with Crippen LogP contribution >= 0.6 is 0 Å². The second kappa shape index (κ2) is 13.1. The zero-order valence-corrected chi connectivity index (χ0v) is 22.7. The second-order valence-corrected chi connectivity index (χ2v) is 11.3. The number of hydrogen-bond donors (Lipinski definition) is 4. The van der Waals surface area contributed by atoms with Crippen molar-refractivity contribution >= 4 is 33.6 Å². The minimum Gasteiger partial charge on any atom is -0.465 e. The number of piperidine rings is 1. The molecule has 1 aliphatic heterocycles. The summed E-state index contributed by atoms with van der Waals surface area (Å²) in [6, 6.07) is 22.4. The summed E-state index contributed by atoms with van der Waals surface area (Å²) < 4.78 is 28.8. The second-order valence-electron chi connectivity index (χ2n) is 9.65. The molecule has 4 rings (SSSR count). The van der Waals surface area contributed by atoms with Crippen LogP contribution in [0.15, 0.2) is 83.8 Å². The topological polar surface area (TPSA) is 145 Å². The van der Waals surface area contributed by atoms with Crippen molar-refractivity contribution < 1.29 is 27.9 Å². The van der Waals surface area contributed by atoms with E-state index >= 15 is 0 Å². The summed E-state index contributed by atoms with van der Waals surface area (Å²) in [5.41, 5.74) is 2.58. The molecule has 1 heterocycles. The minimum absolute atomic E-state index is 0.00486. The fraction of sp³-hybridized carbons (Fsp3) is 0.276. The molecule has 10 nitrogen and oxygen atoms in total. The lowest BCUT2D eigenvalue weighted by molar-refractivity contribution is -0.120. The molecule has 3 aromatic rings. The summed E-state index contributed by atoms with van der Waals surface area (Å²) in [6.45, 7) is 1.06. The van der Waals surface area contributed by atoms with E-state index < -0.39 is 22.0 Å². The van der Waals surface area contributed by atoms with E-state index in [1.54, 1.807) is 12.1 Å². The van der Waals surface area contributed by atoms with Gasteiger partial charge in [0.15, 0.2) is 0 Å². The smallest absolute Gasteiger partial charge is 0.407 e. The number of amides is 3. The van der Waals surface area contributed by atoms with Crippen LogP contribution in [0.4, 0.5) is 10.5 Å². The molecule has 0 bridgehead atoms. The average Bonchev–Trinajstić information content (AvgIpc) is 2.96. The first-order valence-corrected chi connectivity index (χ1v) is 14.5. The lowest BCUT2D eigenvalue weighted by atomic mass is 9.97. The molecule has 1 saturated heterocycles. The molecule has 0 saturated carbocycles. The van der Waals surface area contributed by atoms with Crippen molar-refractivity contribution in [2.24, 2.45) is 5.92 Å². The Hall–Kier alpha value is -4.38. The maximum absolute atomic E-state index is 13.1. The number of carboxylic acid groups (broad SMARTS) is 1. The standard InChI is InChI=1S/C29H32N4O6S/c34-27(30-19-22-14-16-33(17-15-22)29(36)37)20-31-28(35)23-10-12-25(13-11-23)40(38,39)32-26-9-5-4-8-24(26)18-21-6-2-1-3-7-21/h1-13,22,32H,14-20H2,(H,30,34)(H,31,35)(H,36,37). The predicted octanol–water partition coefficient (Wildman–Crippen LogP) is 3.31. The van der Waals surface area contributed by atoms with Crippen LogP contribution in [0.3, 0.4) is 0 Å². The summed E-state index contributed by atoms with van der Waals surface area (Å²) >= 11 is 0. The van der Waals surface area contributed by atoms with Crippen molar-refractivity contribution in [3.63, 3.8) is 0 Å². The van der Waals surface area contributed by atoms with Crippen molar-refractivity contribution in [3.05, 3.63) is 95.6 Å². The molecule has 0 atom stereocenters. The molecular weight excluding hydrogens is 532 g/mol. The molecule has 40 heavy (non-hydrogen) atoms. The number of likely N-dealkylation sites (tertiary alicyclic amines) is 1. The summed E-state index contributed by atoms with van der Waals surface area (Å²) in [5, 5.41) is 14.3. The Labute approximate surface area is 233 Å². The number of rotatable bonds is 10. The Bertz CT molecular complexity index is 1440. The number of sulfonamides is 1. The van der Waals surface area contributed by atoms with Gasteiger partial charge < -0.3 is 20.6 Å². The Morgan fingerprint density at radius 2 is 1.50 bits per heavy atom. The lowest BCUT2D eigenvalue weighted by Crippen LogP contribution is -2.43. The summed E-state index contributed by atoms with van der Waals surface area (Å²) in [6.07, 6.45) is 0.968. The van der Waals surface area contributed by atoms with Gasteiger partial charge in [-0.3, -0.25) is 14.3 Å². The zero-order valence-electron chi connectivity index (χ0n) is 21.9. The highest BCUT2D eigenvalue weighted by molar-refractivity contribution is 7.92. The molecule has 0 unspecified atom stereocenters. The van der Waals surface area contributed by atoms with Gasteiger partial charge in [-0.1, -0.05) is 48.5 Å². The van der Waals surface area contributed by atoms with Crippen molar-refractivity contribution in [2.45, 2.75) is 24.2 Å². The monoisotopic (exact) mass is 564 g/mol. The largest absolute Gasteiger partial charge is 0.465 e. The molecular formula is C29H32N4O6S. The molecule has 1 fully saturated rings. The van der Waals surface area contributed by atoms with Crippen molar-refractivity contribution in [3.8, 4) is 0 Å². The fourth-order valence-corrected chi connectivity index (χ4v) is 5.59. The summed E-state index contributed by atoms with van der Waals surface area (Å²) in [7, 11) is -3.90. The van der Waals surface area contributed by atoms with Gasteiger partial charge in [-0.15, -0.1) is 0 Å². The third-order valence-electron chi connectivity index (χ3n) is 6.81. The van der Waals surface area contributed by atoms with E-state index in [0.29, 0.717) is 44.6 Å². The van der Waals surface area contributed by atoms with Crippen LogP contribution in [0.25, 0.3) is 0 Å². The van der Waals surface area contributed by atoms with E-state index in [2.05, 4.69) is 15.4 Å². The number of anilines is 1. The number of carbonyl (C=O) groups excluding carboxylic acids is 2. The number of nitrogens with one attached hydrogen (secondary N) is 3. The van der Waals surface area contributed by atoms with Gasteiger partial charge in [-0.05, 0) is 66.6 Å². The van der Waals surface area contributed by atoms with Crippen LogP contribution in [0, 0.1) is 5.92 Å². The van der Waals surface area contributed by atoms with Crippen LogP contribution in [-0.4, -0.2) is 62.5 Å². The van der Waals surface area contributed by atoms with E-state index in [9.17, 15) is 22.8 Å². The number of hydrogen-bond acceptors (Lipinski definition) is 5. The van der Waals surface area contributed by atoms with Gasteiger partial charge in [0.2, 0.25) is 5.91 Å². The predicted molar refractivity (Wildman–Crippen MR) is 151 cm³/mol. The first-order chi connectivity index (χ1) is 19.2. The molecule has 210 valence electrons. The molecule has 11 heteroatoms. The third-order valence-corrected chi connectivity index (χ3v) is 8.19. The van der Waals surface area contributed by atoms with Gasteiger partial charge in [-0.25, -0.2) is 13.2 Å². The molecule has 0 radical (unpaired) electrons. The third kappa shape index (κ3) is 7.82. The summed E-state index contributed by atoms with van der Waals surface area (Å²) in [5.74, 6) is -0.676. The van der Waals surface area contributed by atoms with E-state index in [1.165, 1.54) is 29.2 Å². The Kier molecular flexibility index (Phi) is 9.39. The number of para-hydroxylation sites is 1. The number of nitrogens with zero attached hydrogens (tertiary/aromatic N) is 1. The van der Waals surface area contributed by atoms with Gasteiger partial charge in [0, 0.05) is 25.2 Å². The Balaban J connectivity index is 1.28. The molecule has 0 aliphatic carbocycles. The van der Waals surface area contributed by atoms with Crippen LogP contribution in [0.2, 0.25) is 0 Å². The Morgan fingerprint density at radius 3 is 2.17 bits per heavy atom. The first kappa shape index (κ1) is 28.6. The van der Waals surface area contributed by atoms with Crippen molar-refractivity contribution in [1.82, 2.24) is 15.5 Å². The molecule has 0 aromatic heterocycles. The molecule has 1 aliphatic rings. The van der Waals surface area contributed by atoms with Crippen LogP contribution in [0.1, 0.15) is 34.3 Å². The normalized spacial score (nSPS) is 13.8. The quantitative estimate of drug-likeness (QED) is 0.297. The Morgan fingerprint density at radius 1 is 0.850 bits per heavy atom. The highest BCUT2D eigenvalue weighted by Crippen LogP contribution is 2.23. The van der Waals surface area contributed by atoms with Gasteiger partial charge in [0.1, 0.15) is 0 Å². The van der Waals surface area contributed by atoms with Gasteiger partial charge in [0.25, 0.3) is 15.9 Å². The SMILES string of the molecule is O=C(CNC(=O)c1ccc(S(=O)(=O)Nc2ccccc2Cc2ccccc2)cc1)NCC1CCN(C(=O)O)CC1. The number of carbonyl (C=O) groups is 3. The first-order valence-electron chi connectivity index (χ1n) is 13.0. The molecule has 0 spiro atoms. The van der Waals surface area contributed by atoms with E-state index in [-0.39, 0.29) is 28.8 Å². The molecule has 4 N–H and O–H groups in total. The highest BCUT2D eigenvalue weighted by Gasteiger charge is 2.22. The van der Waals surface area contributed by atoms with Gasteiger partial charge >= 0.3 is 6.09 Å². The van der Waals surface area contributed by atoms with Gasteiger partial charge in [-0.2, -0.15) is 0 Å². The van der Waals surface area contributed by atoms with E-state index in [0.717, 1.165) is 11.1 Å². The van der Waals surface area contributed by atoms with Crippen LogP contribution in [0.5, 0.6) is 0 Å². The van der Waals surface area contributed by atoms with Gasteiger partial charge in [0.05, 0.1) is 17.1 Å².